The van der Waals surface area contributed by atoms with Crippen LogP contribution in [0.5, 0.6) is 5.88 Å². The molecule has 0 saturated carbocycles. The minimum atomic E-state index is -0.0962. The van der Waals surface area contributed by atoms with Crippen LogP contribution in [-0.4, -0.2) is 35.5 Å². The molecule has 6 heteroatoms. The molecule has 6 nitrogen and oxygen atoms in total. The Kier molecular flexibility index (Phi) is 6.68. The SMILES string of the molecule is COc1c(NC(=O)CCO[C@H](C)CC(C)C)c(C)nn1C. The predicted octanol–water partition coefficient (Wildman–Crippen LogP) is 2.52. The van der Waals surface area contributed by atoms with Crippen LogP contribution in [0, 0.1) is 12.8 Å². The number of rotatable bonds is 8. The van der Waals surface area contributed by atoms with Crippen LogP contribution in [0.4, 0.5) is 5.69 Å². The van der Waals surface area contributed by atoms with Crippen molar-refractivity contribution in [2.24, 2.45) is 13.0 Å². The van der Waals surface area contributed by atoms with Gasteiger partial charge in [0.25, 0.3) is 0 Å². The van der Waals surface area contributed by atoms with Crippen LogP contribution < -0.4 is 10.1 Å². The first-order valence-corrected chi connectivity index (χ1v) is 7.34. The number of aryl methyl sites for hydroxylation is 2. The Balaban J connectivity index is 2.44. The van der Waals surface area contributed by atoms with E-state index < -0.39 is 0 Å². The third-order valence-corrected chi connectivity index (χ3v) is 3.16. The molecule has 0 radical (unpaired) electrons. The van der Waals surface area contributed by atoms with Crippen LogP contribution >= 0.6 is 0 Å². The second-order valence-corrected chi connectivity index (χ2v) is 5.70. The number of carbonyl (C=O) groups is 1. The van der Waals surface area contributed by atoms with Gasteiger partial charge >= 0.3 is 0 Å². The summed E-state index contributed by atoms with van der Waals surface area (Å²) in [5.74, 6) is 1.05. The number of hydrogen-bond acceptors (Lipinski definition) is 4. The highest BCUT2D eigenvalue weighted by molar-refractivity contribution is 5.92. The van der Waals surface area contributed by atoms with Crippen LogP contribution in [0.25, 0.3) is 0 Å². The lowest BCUT2D eigenvalue weighted by atomic mass is 10.1. The molecule has 1 atom stereocenters. The molecular weight excluding hydrogens is 270 g/mol. The van der Waals surface area contributed by atoms with Gasteiger partial charge in [0.1, 0.15) is 5.69 Å². The van der Waals surface area contributed by atoms with Gasteiger partial charge in [-0.05, 0) is 26.2 Å². The van der Waals surface area contributed by atoms with Crippen molar-refractivity contribution in [1.29, 1.82) is 0 Å². The van der Waals surface area contributed by atoms with E-state index in [9.17, 15) is 4.79 Å². The summed E-state index contributed by atoms with van der Waals surface area (Å²) in [7, 11) is 3.33. The van der Waals surface area contributed by atoms with Gasteiger partial charge in [0, 0.05) is 7.05 Å². The Bertz CT molecular complexity index is 469. The van der Waals surface area contributed by atoms with Gasteiger partial charge in [0.2, 0.25) is 11.8 Å². The number of ether oxygens (including phenoxy) is 2. The molecule has 0 unspecified atom stereocenters. The summed E-state index contributed by atoms with van der Waals surface area (Å²) in [6.07, 6.45) is 1.49. The number of anilines is 1. The van der Waals surface area contributed by atoms with Crippen LogP contribution in [0.1, 0.15) is 39.3 Å². The molecule has 0 aromatic carbocycles. The molecule has 0 spiro atoms. The van der Waals surface area contributed by atoms with E-state index in [0.29, 0.717) is 30.5 Å². The predicted molar refractivity (Wildman–Crippen MR) is 82.6 cm³/mol. The minimum Gasteiger partial charge on any atom is -0.480 e. The minimum absolute atomic E-state index is 0.0962. The van der Waals surface area contributed by atoms with E-state index in [1.54, 1.807) is 18.8 Å². The topological polar surface area (TPSA) is 65.4 Å². The van der Waals surface area contributed by atoms with Crippen LogP contribution in [0.3, 0.4) is 0 Å². The van der Waals surface area contributed by atoms with Crippen molar-refractivity contribution in [3.63, 3.8) is 0 Å². The second-order valence-electron chi connectivity index (χ2n) is 5.70. The van der Waals surface area contributed by atoms with E-state index in [0.717, 1.165) is 12.1 Å². The number of amides is 1. The molecule has 1 aromatic rings. The highest BCUT2D eigenvalue weighted by atomic mass is 16.5. The third kappa shape index (κ3) is 5.38. The van der Waals surface area contributed by atoms with Gasteiger partial charge in [-0.25, -0.2) is 4.68 Å². The van der Waals surface area contributed by atoms with E-state index in [1.807, 2.05) is 13.8 Å². The highest BCUT2D eigenvalue weighted by Crippen LogP contribution is 2.27. The van der Waals surface area contributed by atoms with Gasteiger partial charge in [0.05, 0.1) is 31.9 Å². The van der Waals surface area contributed by atoms with Gasteiger partial charge in [-0.15, -0.1) is 0 Å². The first kappa shape index (κ1) is 17.5. The number of carbonyl (C=O) groups excluding carboxylic acids is 1. The molecule has 0 bridgehead atoms. The van der Waals surface area contributed by atoms with Crippen LogP contribution in [0.2, 0.25) is 0 Å². The second kappa shape index (κ2) is 8.02. The third-order valence-electron chi connectivity index (χ3n) is 3.16. The quantitative estimate of drug-likeness (QED) is 0.800. The van der Waals surface area contributed by atoms with E-state index in [1.165, 1.54) is 0 Å². The van der Waals surface area contributed by atoms with Crippen LogP contribution in [0.15, 0.2) is 0 Å². The fourth-order valence-electron chi connectivity index (χ4n) is 2.30. The molecule has 120 valence electrons. The Morgan fingerprint density at radius 3 is 2.62 bits per heavy atom. The average molecular weight is 297 g/mol. The van der Waals surface area contributed by atoms with Gasteiger partial charge in [0.15, 0.2) is 0 Å². The maximum atomic E-state index is 12.0. The van der Waals surface area contributed by atoms with Crippen LogP contribution in [-0.2, 0) is 16.6 Å². The summed E-state index contributed by atoms with van der Waals surface area (Å²) in [5, 5.41) is 7.06. The fraction of sp³-hybridized carbons (Fsp3) is 0.733. The molecule has 0 saturated heterocycles. The maximum absolute atomic E-state index is 12.0. The monoisotopic (exact) mass is 297 g/mol. The summed E-state index contributed by atoms with van der Waals surface area (Å²) in [6, 6.07) is 0. The molecule has 0 fully saturated rings. The van der Waals surface area contributed by atoms with Gasteiger partial charge < -0.3 is 14.8 Å². The molecule has 0 aliphatic rings. The summed E-state index contributed by atoms with van der Waals surface area (Å²) < 4.78 is 12.5. The summed E-state index contributed by atoms with van der Waals surface area (Å²) in [5.41, 5.74) is 1.36. The molecule has 0 aliphatic carbocycles. The molecule has 1 amide bonds. The van der Waals surface area contributed by atoms with Crippen molar-refractivity contribution in [2.75, 3.05) is 19.0 Å². The number of nitrogens with zero attached hydrogens (tertiary/aromatic N) is 2. The number of aromatic nitrogens is 2. The van der Waals surface area contributed by atoms with Crippen molar-refractivity contribution in [3.8, 4) is 5.88 Å². The molecule has 1 N–H and O–H groups in total. The molecule has 1 aromatic heterocycles. The first-order chi connectivity index (χ1) is 9.85. The molecule has 1 heterocycles. The smallest absolute Gasteiger partial charge is 0.236 e. The zero-order chi connectivity index (χ0) is 16.0. The van der Waals surface area contributed by atoms with Gasteiger partial charge in [-0.1, -0.05) is 13.8 Å². The van der Waals surface area contributed by atoms with Crippen molar-refractivity contribution in [2.45, 2.75) is 46.6 Å². The standard InChI is InChI=1S/C15H27N3O3/c1-10(2)9-11(3)21-8-7-13(19)16-14-12(4)17-18(5)15(14)20-6/h10-11H,7-9H2,1-6H3,(H,16,19)/t11-/m1/s1. The summed E-state index contributed by atoms with van der Waals surface area (Å²) >= 11 is 0. The largest absolute Gasteiger partial charge is 0.480 e. The summed E-state index contributed by atoms with van der Waals surface area (Å²) in [6.45, 7) is 8.60. The normalized spacial score (nSPS) is 12.5. The number of methoxy groups -OCH3 is 1. The lowest BCUT2D eigenvalue weighted by Gasteiger charge is -2.15. The molecule has 21 heavy (non-hydrogen) atoms. The van der Waals surface area contributed by atoms with Crippen molar-refractivity contribution in [3.05, 3.63) is 5.69 Å². The molecule has 0 aliphatic heterocycles. The van der Waals surface area contributed by atoms with Gasteiger partial charge in [-0.2, -0.15) is 5.10 Å². The maximum Gasteiger partial charge on any atom is 0.236 e. The van der Waals surface area contributed by atoms with Crippen molar-refractivity contribution >= 4 is 11.6 Å². The van der Waals surface area contributed by atoms with E-state index in [2.05, 4.69) is 24.3 Å². The van der Waals surface area contributed by atoms with Gasteiger partial charge in [-0.3, -0.25) is 4.79 Å². The number of nitrogens with one attached hydrogen (secondary N) is 1. The Morgan fingerprint density at radius 1 is 1.38 bits per heavy atom. The van der Waals surface area contributed by atoms with E-state index in [-0.39, 0.29) is 12.0 Å². The van der Waals surface area contributed by atoms with E-state index >= 15 is 0 Å². The van der Waals surface area contributed by atoms with Crippen molar-refractivity contribution < 1.29 is 14.3 Å². The zero-order valence-electron chi connectivity index (χ0n) is 13.9. The first-order valence-electron chi connectivity index (χ1n) is 7.34. The lowest BCUT2D eigenvalue weighted by molar-refractivity contribution is -0.117. The van der Waals surface area contributed by atoms with Crippen molar-refractivity contribution in [1.82, 2.24) is 9.78 Å². The highest BCUT2D eigenvalue weighted by Gasteiger charge is 2.16. The molecular formula is C15H27N3O3. The Labute approximate surface area is 126 Å². The Hall–Kier alpha value is -1.56. The Morgan fingerprint density at radius 2 is 2.05 bits per heavy atom. The molecule has 1 rings (SSSR count). The van der Waals surface area contributed by atoms with E-state index in [4.69, 9.17) is 9.47 Å². The number of hydrogen-bond donors (Lipinski definition) is 1. The fourth-order valence-corrected chi connectivity index (χ4v) is 2.30. The zero-order valence-corrected chi connectivity index (χ0v) is 13.9. The lowest BCUT2D eigenvalue weighted by Crippen LogP contribution is -2.18. The average Bonchev–Trinajstić information content (AvgIpc) is 2.62. The summed E-state index contributed by atoms with van der Waals surface area (Å²) in [4.78, 5) is 12.0.